The molecule has 0 heterocycles. The van der Waals surface area contributed by atoms with E-state index in [0.717, 1.165) is 24.2 Å². The number of aliphatic hydroxyl groups excluding tert-OH is 1. The molecule has 2 rings (SSSR count). The lowest BCUT2D eigenvalue weighted by molar-refractivity contribution is 0.253. The van der Waals surface area contributed by atoms with Crippen LogP contribution in [0.3, 0.4) is 0 Å². The number of hydrogen-bond acceptors (Lipinski definition) is 3. The van der Waals surface area contributed by atoms with Crippen LogP contribution in [0.2, 0.25) is 0 Å². The summed E-state index contributed by atoms with van der Waals surface area (Å²) in [7, 11) is 0. The molecule has 118 valence electrons. The van der Waals surface area contributed by atoms with Crippen LogP contribution in [-0.2, 0) is 5.41 Å². The van der Waals surface area contributed by atoms with E-state index in [0.29, 0.717) is 6.61 Å². The Bertz CT molecular complexity index is 571. The maximum atomic E-state index is 9.42. The van der Waals surface area contributed by atoms with Crippen molar-refractivity contribution in [2.24, 2.45) is 0 Å². The fraction of sp³-hybridized carbons (Fsp3) is 0.368. The average molecular weight is 300 g/mol. The van der Waals surface area contributed by atoms with Crippen LogP contribution in [0.15, 0.2) is 48.5 Å². The highest BCUT2D eigenvalue weighted by molar-refractivity contribution is 5.41. The fourth-order valence-corrected chi connectivity index (χ4v) is 2.42. The molecule has 2 aromatic carbocycles. The molecule has 0 aliphatic heterocycles. The van der Waals surface area contributed by atoms with Crippen molar-refractivity contribution >= 4 is 0 Å². The molecule has 0 radical (unpaired) electrons. The molecular formula is C19H24O3. The molecule has 0 bridgehead atoms. The van der Waals surface area contributed by atoms with Crippen molar-refractivity contribution in [2.45, 2.75) is 32.1 Å². The van der Waals surface area contributed by atoms with Gasteiger partial charge in [0.15, 0.2) is 0 Å². The molecule has 3 heteroatoms. The Morgan fingerprint density at radius 2 is 1.41 bits per heavy atom. The quantitative estimate of drug-likeness (QED) is 0.763. The second kappa shape index (κ2) is 7.32. The Balaban J connectivity index is 2.06. The van der Waals surface area contributed by atoms with Gasteiger partial charge in [0.1, 0.15) is 11.5 Å². The summed E-state index contributed by atoms with van der Waals surface area (Å²) >= 11 is 0. The lowest BCUT2D eigenvalue weighted by Gasteiger charge is -2.26. The normalized spacial score (nSPS) is 11.4. The second-order valence-corrected chi connectivity index (χ2v) is 5.98. The molecule has 2 N–H and O–H groups in total. The molecule has 0 aliphatic rings. The summed E-state index contributed by atoms with van der Waals surface area (Å²) in [6.07, 6.45) is 1.63. The van der Waals surface area contributed by atoms with Gasteiger partial charge in [0.2, 0.25) is 0 Å². The van der Waals surface area contributed by atoms with E-state index in [1.807, 2.05) is 24.3 Å². The van der Waals surface area contributed by atoms with E-state index in [1.165, 1.54) is 5.56 Å². The second-order valence-electron chi connectivity index (χ2n) is 5.98. The van der Waals surface area contributed by atoms with E-state index in [1.54, 1.807) is 12.1 Å². The molecule has 2 aromatic rings. The van der Waals surface area contributed by atoms with Crippen LogP contribution in [0.5, 0.6) is 11.5 Å². The lowest BCUT2D eigenvalue weighted by Crippen LogP contribution is -2.18. The zero-order valence-electron chi connectivity index (χ0n) is 13.2. The number of ether oxygens (including phenoxy) is 1. The maximum Gasteiger partial charge on any atom is 0.119 e. The molecule has 3 nitrogen and oxygen atoms in total. The third kappa shape index (κ3) is 4.01. The Morgan fingerprint density at radius 1 is 0.864 bits per heavy atom. The summed E-state index contributed by atoms with van der Waals surface area (Å²) in [4.78, 5) is 0. The average Bonchev–Trinajstić information content (AvgIpc) is 2.52. The van der Waals surface area contributed by atoms with Crippen LogP contribution in [0.1, 0.15) is 37.8 Å². The van der Waals surface area contributed by atoms with Gasteiger partial charge in [0, 0.05) is 12.0 Å². The van der Waals surface area contributed by atoms with Gasteiger partial charge in [-0.15, -0.1) is 0 Å². The molecule has 0 amide bonds. The van der Waals surface area contributed by atoms with Gasteiger partial charge in [-0.3, -0.25) is 0 Å². The van der Waals surface area contributed by atoms with E-state index >= 15 is 0 Å². The number of aromatic hydroxyl groups is 1. The Labute approximate surface area is 132 Å². The number of rotatable bonds is 7. The summed E-state index contributed by atoms with van der Waals surface area (Å²) in [6.45, 7) is 5.16. The van der Waals surface area contributed by atoms with E-state index in [9.17, 15) is 5.11 Å². The van der Waals surface area contributed by atoms with Crippen LogP contribution in [0.25, 0.3) is 0 Å². The monoisotopic (exact) mass is 300 g/mol. The van der Waals surface area contributed by atoms with Crippen molar-refractivity contribution in [1.82, 2.24) is 0 Å². The molecule has 0 saturated heterocycles. The first-order chi connectivity index (χ1) is 10.5. The minimum atomic E-state index is -0.136. The zero-order valence-corrected chi connectivity index (χ0v) is 13.2. The van der Waals surface area contributed by atoms with Crippen molar-refractivity contribution in [1.29, 1.82) is 0 Å². The number of hydrogen-bond donors (Lipinski definition) is 2. The Morgan fingerprint density at radius 3 is 1.95 bits per heavy atom. The molecule has 0 saturated carbocycles. The largest absolute Gasteiger partial charge is 0.508 e. The molecule has 0 aromatic heterocycles. The lowest BCUT2D eigenvalue weighted by atomic mass is 9.78. The molecule has 0 unspecified atom stereocenters. The molecule has 22 heavy (non-hydrogen) atoms. The smallest absolute Gasteiger partial charge is 0.119 e. The highest BCUT2D eigenvalue weighted by Crippen LogP contribution is 2.33. The predicted octanol–water partition coefficient (Wildman–Crippen LogP) is 3.87. The van der Waals surface area contributed by atoms with Gasteiger partial charge in [-0.1, -0.05) is 38.1 Å². The summed E-state index contributed by atoms with van der Waals surface area (Å²) < 4.78 is 5.65. The van der Waals surface area contributed by atoms with Gasteiger partial charge in [0.05, 0.1) is 6.61 Å². The predicted molar refractivity (Wildman–Crippen MR) is 88.5 cm³/mol. The highest BCUT2D eigenvalue weighted by Gasteiger charge is 2.22. The van der Waals surface area contributed by atoms with Crippen LogP contribution in [-0.4, -0.2) is 23.4 Å². The number of phenols is 1. The van der Waals surface area contributed by atoms with E-state index < -0.39 is 0 Å². The molecule has 0 fully saturated rings. The maximum absolute atomic E-state index is 9.42. The summed E-state index contributed by atoms with van der Waals surface area (Å²) in [5.74, 6) is 1.13. The molecule has 0 aliphatic carbocycles. The topological polar surface area (TPSA) is 49.7 Å². The first kappa shape index (κ1) is 16.4. The van der Waals surface area contributed by atoms with Crippen molar-refractivity contribution in [3.8, 4) is 11.5 Å². The third-order valence-electron chi connectivity index (χ3n) is 3.99. The zero-order chi connectivity index (χ0) is 16.0. The number of unbranched alkanes of at least 4 members (excludes halogenated alkanes) is 1. The van der Waals surface area contributed by atoms with Crippen LogP contribution in [0.4, 0.5) is 0 Å². The standard InChI is InChI=1S/C19H24O3/c1-19(2,15-5-9-17(21)10-6-15)16-7-11-18(12-8-16)22-14-4-3-13-20/h5-12,20-21H,3-4,13-14H2,1-2H3. The minimum Gasteiger partial charge on any atom is -0.508 e. The Hall–Kier alpha value is -2.00. The van der Waals surface area contributed by atoms with Crippen molar-refractivity contribution in [2.75, 3.05) is 13.2 Å². The van der Waals surface area contributed by atoms with Crippen LogP contribution < -0.4 is 4.74 Å². The minimum absolute atomic E-state index is 0.136. The summed E-state index contributed by atoms with van der Waals surface area (Å²) in [5.41, 5.74) is 2.21. The number of phenolic OH excluding ortho intramolecular Hbond substituents is 1. The van der Waals surface area contributed by atoms with Gasteiger partial charge in [-0.2, -0.15) is 0 Å². The van der Waals surface area contributed by atoms with Crippen molar-refractivity contribution < 1.29 is 14.9 Å². The van der Waals surface area contributed by atoms with E-state index in [-0.39, 0.29) is 17.8 Å². The highest BCUT2D eigenvalue weighted by atomic mass is 16.5. The van der Waals surface area contributed by atoms with Crippen LogP contribution >= 0.6 is 0 Å². The number of benzene rings is 2. The van der Waals surface area contributed by atoms with Crippen molar-refractivity contribution in [3.05, 3.63) is 59.7 Å². The molecular weight excluding hydrogens is 276 g/mol. The third-order valence-corrected chi connectivity index (χ3v) is 3.99. The number of aliphatic hydroxyl groups is 1. The van der Waals surface area contributed by atoms with Gasteiger partial charge in [-0.25, -0.2) is 0 Å². The summed E-state index contributed by atoms with van der Waals surface area (Å²) in [5, 5.41) is 18.2. The fourth-order valence-electron chi connectivity index (χ4n) is 2.42. The van der Waals surface area contributed by atoms with E-state index in [2.05, 4.69) is 26.0 Å². The van der Waals surface area contributed by atoms with E-state index in [4.69, 9.17) is 9.84 Å². The van der Waals surface area contributed by atoms with Gasteiger partial charge >= 0.3 is 0 Å². The molecule has 0 spiro atoms. The van der Waals surface area contributed by atoms with Gasteiger partial charge < -0.3 is 14.9 Å². The molecule has 0 atom stereocenters. The van der Waals surface area contributed by atoms with Gasteiger partial charge in [-0.05, 0) is 48.2 Å². The van der Waals surface area contributed by atoms with Crippen LogP contribution in [0, 0.1) is 0 Å². The Kier molecular flexibility index (Phi) is 5.45. The first-order valence-electron chi connectivity index (χ1n) is 7.68. The first-order valence-corrected chi connectivity index (χ1v) is 7.68. The SMILES string of the molecule is CC(C)(c1ccc(O)cc1)c1ccc(OCCCCO)cc1. The summed E-state index contributed by atoms with van der Waals surface area (Å²) in [6, 6.07) is 15.5. The van der Waals surface area contributed by atoms with Gasteiger partial charge in [0.25, 0.3) is 0 Å². The van der Waals surface area contributed by atoms with Crippen molar-refractivity contribution in [3.63, 3.8) is 0 Å².